The monoisotopic (exact) mass is 203 g/mol. The van der Waals surface area contributed by atoms with Crippen LogP contribution in [0.1, 0.15) is 21.7 Å². The quantitative estimate of drug-likeness (QED) is 0.707. The fourth-order valence-electron chi connectivity index (χ4n) is 1.63. The van der Waals surface area contributed by atoms with Crippen molar-refractivity contribution < 1.29 is 4.79 Å². The van der Waals surface area contributed by atoms with Crippen LogP contribution in [0.5, 0.6) is 0 Å². The highest BCUT2D eigenvalue weighted by molar-refractivity contribution is 5.74. The van der Waals surface area contributed by atoms with Crippen molar-refractivity contribution in [3.05, 3.63) is 41.5 Å². The molecule has 0 aliphatic heterocycles. The van der Waals surface area contributed by atoms with E-state index in [0.717, 1.165) is 24.2 Å². The van der Waals surface area contributed by atoms with E-state index < -0.39 is 0 Å². The van der Waals surface area contributed by atoms with Gasteiger partial charge in [0.15, 0.2) is 6.29 Å². The smallest absolute Gasteiger partial charge is 0.151 e. The summed E-state index contributed by atoms with van der Waals surface area (Å²) in [4.78, 5) is 10.5. The summed E-state index contributed by atoms with van der Waals surface area (Å²) in [6, 6.07) is 3.84. The minimum absolute atomic E-state index is 0.703. The standard InChI is InChI=1S/C11H13N3O/c1-9-5-11(13(2)12-9)7-14-4-3-10(6-14)8-15/h3-6,8H,7H2,1-2H3. The van der Waals surface area contributed by atoms with Gasteiger partial charge in [0.2, 0.25) is 0 Å². The fourth-order valence-corrected chi connectivity index (χ4v) is 1.63. The number of nitrogens with zero attached hydrogens (tertiary/aromatic N) is 3. The molecule has 2 aromatic heterocycles. The number of rotatable bonds is 3. The molecule has 0 aromatic carbocycles. The van der Waals surface area contributed by atoms with E-state index in [0.29, 0.717) is 5.56 Å². The van der Waals surface area contributed by atoms with E-state index in [4.69, 9.17) is 0 Å². The second-order valence-corrected chi connectivity index (χ2v) is 3.64. The summed E-state index contributed by atoms with van der Waals surface area (Å²) < 4.78 is 3.83. The molecule has 0 N–H and O–H groups in total. The van der Waals surface area contributed by atoms with Crippen LogP contribution in [0.25, 0.3) is 0 Å². The lowest BCUT2D eigenvalue weighted by Gasteiger charge is -2.02. The molecule has 0 unspecified atom stereocenters. The van der Waals surface area contributed by atoms with Gasteiger partial charge in [-0.25, -0.2) is 0 Å². The Hall–Kier alpha value is -1.84. The largest absolute Gasteiger partial charge is 0.348 e. The first-order chi connectivity index (χ1) is 7.19. The highest BCUT2D eigenvalue weighted by Gasteiger charge is 2.03. The van der Waals surface area contributed by atoms with Gasteiger partial charge in [0.1, 0.15) is 0 Å². The third-order valence-corrected chi connectivity index (χ3v) is 2.35. The number of aromatic nitrogens is 3. The van der Waals surface area contributed by atoms with E-state index in [1.165, 1.54) is 0 Å². The molecule has 2 heterocycles. The topological polar surface area (TPSA) is 39.8 Å². The molecule has 0 aliphatic carbocycles. The molecule has 15 heavy (non-hydrogen) atoms. The Balaban J connectivity index is 2.21. The van der Waals surface area contributed by atoms with Crippen LogP contribution in [0.3, 0.4) is 0 Å². The first kappa shape index (κ1) is 9.71. The SMILES string of the molecule is Cc1cc(Cn2ccc(C=O)c2)n(C)n1. The highest BCUT2D eigenvalue weighted by Crippen LogP contribution is 2.06. The van der Waals surface area contributed by atoms with Gasteiger partial charge in [-0.3, -0.25) is 9.48 Å². The Morgan fingerprint density at radius 3 is 2.87 bits per heavy atom. The summed E-state index contributed by atoms with van der Waals surface area (Å²) in [6.45, 7) is 2.71. The molecule has 0 saturated heterocycles. The van der Waals surface area contributed by atoms with Crippen molar-refractivity contribution in [2.24, 2.45) is 7.05 Å². The van der Waals surface area contributed by atoms with Gasteiger partial charge in [-0.05, 0) is 19.1 Å². The summed E-state index contributed by atoms with van der Waals surface area (Å²) in [5.74, 6) is 0. The Bertz CT molecular complexity index is 482. The number of aryl methyl sites for hydroxylation is 2. The molecule has 2 rings (SSSR count). The van der Waals surface area contributed by atoms with Gasteiger partial charge < -0.3 is 4.57 Å². The van der Waals surface area contributed by atoms with Crippen LogP contribution in [0.4, 0.5) is 0 Å². The number of carbonyl (C=O) groups is 1. The molecule has 0 bridgehead atoms. The van der Waals surface area contributed by atoms with E-state index in [9.17, 15) is 4.79 Å². The number of aldehydes is 1. The molecule has 0 atom stereocenters. The van der Waals surface area contributed by atoms with Crippen molar-refractivity contribution in [3.8, 4) is 0 Å². The van der Waals surface area contributed by atoms with Crippen molar-refractivity contribution in [1.82, 2.24) is 14.3 Å². The Morgan fingerprint density at radius 2 is 2.33 bits per heavy atom. The summed E-state index contributed by atoms with van der Waals surface area (Å²) in [5, 5.41) is 4.27. The van der Waals surface area contributed by atoms with Crippen LogP contribution in [-0.2, 0) is 13.6 Å². The normalized spacial score (nSPS) is 10.5. The lowest BCUT2D eigenvalue weighted by molar-refractivity contribution is 0.112. The van der Waals surface area contributed by atoms with Gasteiger partial charge in [0.05, 0.1) is 17.9 Å². The van der Waals surface area contributed by atoms with Gasteiger partial charge in [-0.1, -0.05) is 0 Å². The van der Waals surface area contributed by atoms with Crippen molar-refractivity contribution in [3.63, 3.8) is 0 Å². The number of hydrogen-bond acceptors (Lipinski definition) is 2. The molecule has 0 spiro atoms. The zero-order valence-electron chi connectivity index (χ0n) is 8.84. The Labute approximate surface area is 88.1 Å². The van der Waals surface area contributed by atoms with Crippen molar-refractivity contribution in [1.29, 1.82) is 0 Å². The van der Waals surface area contributed by atoms with Gasteiger partial charge in [0.25, 0.3) is 0 Å². The molecular weight excluding hydrogens is 190 g/mol. The van der Waals surface area contributed by atoms with Gasteiger partial charge in [-0.15, -0.1) is 0 Å². The average molecular weight is 203 g/mol. The van der Waals surface area contributed by atoms with E-state index in [2.05, 4.69) is 5.10 Å². The van der Waals surface area contributed by atoms with Crippen LogP contribution in [0.15, 0.2) is 24.5 Å². The van der Waals surface area contributed by atoms with Gasteiger partial charge >= 0.3 is 0 Å². The first-order valence-electron chi connectivity index (χ1n) is 4.79. The molecule has 0 saturated carbocycles. The molecule has 4 heteroatoms. The maximum atomic E-state index is 10.5. The van der Waals surface area contributed by atoms with Crippen LogP contribution in [0, 0.1) is 6.92 Å². The van der Waals surface area contributed by atoms with E-state index in [-0.39, 0.29) is 0 Å². The summed E-state index contributed by atoms with van der Waals surface area (Å²) in [6.07, 6.45) is 4.58. The number of hydrogen-bond donors (Lipinski definition) is 0. The van der Waals surface area contributed by atoms with E-state index in [1.807, 2.05) is 41.7 Å². The third-order valence-electron chi connectivity index (χ3n) is 2.35. The molecule has 0 fully saturated rings. The highest BCUT2D eigenvalue weighted by atomic mass is 16.1. The lowest BCUT2D eigenvalue weighted by Crippen LogP contribution is -2.03. The molecule has 4 nitrogen and oxygen atoms in total. The van der Waals surface area contributed by atoms with Crippen molar-refractivity contribution >= 4 is 6.29 Å². The van der Waals surface area contributed by atoms with Crippen LogP contribution in [0.2, 0.25) is 0 Å². The minimum Gasteiger partial charge on any atom is -0.348 e. The fraction of sp³-hybridized carbons (Fsp3) is 0.273. The maximum absolute atomic E-state index is 10.5. The second-order valence-electron chi connectivity index (χ2n) is 3.64. The number of carbonyl (C=O) groups excluding carboxylic acids is 1. The predicted molar refractivity (Wildman–Crippen MR) is 56.9 cm³/mol. The van der Waals surface area contributed by atoms with Crippen LogP contribution < -0.4 is 0 Å². The maximum Gasteiger partial charge on any atom is 0.151 e. The molecule has 0 radical (unpaired) electrons. The molecule has 78 valence electrons. The first-order valence-corrected chi connectivity index (χ1v) is 4.79. The van der Waals surface area contributed by atoms with Crippen molar-refractivity contribution in [2.75, 3.05) is 0 Å². The molecule has 0 amide bonds. The Kier molecular flexibility index (Phi) is 2.41. The average Bonchev–Trinajstić information content (AvgIpc) is 2.75. The molecular formula is C11H13N3O. The lowest BCUT2D eigenvalue weighted by atomic mass is 10.3. The van der Waals surface area contributed by atoms with Crippen molar-refractivity contribution in [2.45, 2.75) is 13.5 Å². The minimum atomic E-state index is 0.703. The summed E-state index contributed by atoms with van der Waals surface area (Å²) >= 11 is 0. The van der Waals surface area contributed by atoms with Gasteiger partial charge in [0, 0.05) is 25.0 Å². The van der Waals surface area contributed by atoms with E-state index >= 15 is 0 Å². The third kappa shape index (κ3) is 1.98. The molecule has 0 aliphatic rings. The van der Waals surface area contributed by atoms with Crippen LogP contribution in [-0.4, -0.2) is 20.6 Å². The second kappa shape index (κ2) is 3.73. The van der Waals surface area contributed by atoms with E-state index in [1.54, 1.807) is 6.07 Å². The Morgan fingerprint density at radius 1 is 1.53 bits per heavy atom. The zero-order chi connectivity index (χ0) is 10.8. The molecule has 2 aromatic rings. The summed E-state index contributed by atoms with van der Waals surface area (Å²) in [7, 11) is 1.92. The van der Waals surface area contributed by atoms with Crippen LogP contribution >= 0.6 is 0 Å². The zero-order valence-corrected chi connectivity index (χ0v) is 8.84. The van der Waals surface area contributed by atoms with Gasteiger partial charge in [-0.2, -0.15) is 5.10 Å². The summed E-state index contributed by atoms with van der Waals surface area (Å²) in [5.41, 5.74) is 2.84. The predicted octanol–water partition coefficient (Wildman–Crippen LogP) is 1.39.